The van der Waals surface area contributed by atoms with Crippen molar-refractivity contribution in [3.63, 3.8) is 0 Å². The molecule has 1 rings (SSSR count). The number of nitrogens with zero attached hydrogens (tertiary/aromatic N) is 1. The van der Waals surface area contributed by atoms with E-state index in [1.54, 1.807) is 20.8 Å². The van der Waals surface area contributed by atoms with E-state index in [1.807, 2.05) is 72.7 Å². The number of amides is 3. The van der Waals surface area contributed by atoms with Crippen molar-refractivity contribution < 1.29 is 19.1 Å². The second kappa shape index (κ2) is 9.71. The number of rotatable bonds is 5. The van der Waals surface area contributed by atoms with Gasteiger partial charge in [0.15, 0.2) is 0 Å². The van der Waals surface area contributed by atoms with E-state index in [2.05, 4.69) is 10.6 Å². The zero-order chi connectivity index (χ0) is 24.2. The molecule has 1 unspecified atom stereocenters. The van der Waals surface area contributed by atoms with Crippen molar-refractivity contribution in [2.75, 3.05) is 6.54 Å². The van der Waals surface area contributed by atoms with Crippen molar-refractivity contribution in [2.24, 2.45) is 0 Å². The second-order valence-corrected chi connectivity index (χ2v) is 10.8. The van der Waals surface area contributed by atoms with Gasteiger partial charge in [0, 0.05) is 11.1 Å². The lowest BCUT2D eigenvalue weighted by Gasteiger charge is -2.42. The molecule has 7 nitrogen and oxygen atoms in total. The Morgan fingerprint density at radius 1 is 0.935 bits per heavy atom. The molecule has 0 saturated carbocycles. The van der Waals surface area contributed by atoms with Gasteiger partial charge in [-0.25, -0.2) is 4.79 Å². The topological polar surface area (TPSA) is 87.7 Å². The van der Waals surface area contributed by atoms with Gasteiger partial charge in [-0.3, -0.25) is 9.59 Å². The lowest BCUT2D eigenvalue weighted by atomic mass is 9.95. The molecule has 0 heterocycles. The molecular formula is C24H39N3O4. The van der Waals surface area contributed by atoms with E-state index in [9.17, 15) is 14.4 Å². The summed E-state index contributed by atoms with van der Waals surface area (Å²) in [4.78, 5) is 40.2. The van der Waals surface area contributed by atoms with Crippen LogP contribution in [0.2, 0.25) is 0 Å². The molecular weight excluding hydrogens is 394 g/mol. The molecule has 0 aromatic heterocycles. The SMILES string of the molecule is Cc1ccc(C(C(=O)NC(C)(C)C)N(C(=O)CNC(=O)OC(C)(C)C)C(C)(C)C)cc1. The minimum Gasteiger partial charge on any atom is -0.444 e. The molecule has 3 amide bonds. The highest BCUT2D eigenvalue weighted by Gasteiger charge is 2.39. The van der Waals surface area contributed by atoms with E-state index in [0.717, 1.165) is 5.56 Å². The van der Waals surface area contributed by atoms with Crippen LogP contribution < -0.4 is 10.6 Å². The Balaban J connectivity index is 3.29. The summed E-state index contributed by atoms with van der Waals surface area (Å²) in [5, 5.41) is 5.50. The predicted octanol–water partition coefficient (Wildman–Crippen LogP) is 4.10. The van der Waals surface area contributed by atoms with Crippen LogP contribution in [0.5, 0.6) is 0 Å². The zero-order valence-electron chi connectivity index (χ0n) is 20.7. The van der Waals surface area contributed by atoms with E-state index < -0.39 is 28.8 Å². The molecule has 0 saturated heterocycles. The number of alkyl carbamates (subject to hydrolysis) is 1. The van der Waals surface area contributed by atoms with Crippen molar-refractivity contribution in [1.29, 1.82) is 0 Å². The second-order valence-electron chi connectivity index (χ2n) is 10.8. The maximum absolute atomic E-state index is 13.3. The van der Waals surface area contributed by atoms with Gasteiger partial charge in [0.25, 0.3) is 0 Å². The highest BCUT2D eigenvalue weighted by atomic mass is 16.6. The standard InChI is InChI=1S/C24H39N3O4/c1-16-11-13-17(14-12-16)19(20(29)26-22(2,3)4)27(23(5,6)7)18(28)15-25-21(30)31-24(8,9)10/h11-14,19H,15H2,1-10H3,(H,25,30)(H,26,29). The molecule has 0 spiro atoms. The van der Waals surface area contributed by atoms with Gasteiger partial charge in [0.1, 0.15) is 18.2 Å². The van der Waals surface area contributed by atoms with Crippen LogP contribution in [0.4, 0.5) is 4.79 Å². The summed E-state index contributed by atoms with van der Waals surface area (Å²) >= 11 is 0. The highest BCUT2D eigenvalue weighted by Crippen LogP contribution is 2.30. The van der Waals surface area contributed by atoms with E-state index in [-0.39, 0.29) is 18.4 Å². The van der Waals surface area contributed by atoms with Crippen LogP contribution in [0.25, 0.3) is 0 Å². The Bertz CT molecular complexity index is 781. The largest absolute Gasteiger partial charge is 0.444 e. The van der Waals surface area contributed by atoms with Gasteiger partial charge in [-0.05, 0) is 74.8 Å². The summed E-state index contributed by atoms with van der Waals surface area (Å²) in [7, 11) is 0. The highest BCUT2D eigenvalue weighted by molar-refractivity contribution is 5.91. The number of hydrogen-bond donors (Lipinski definition) is 2. The molecule has 0 bridgehead atoms. The first-order valence-corrected chi connectivity index (χ1v) is 10.6. The minimum atomic E-state index is -0.854. The number of aryl methyl sites for hydroxylation is 1. The van der Waals surface area contributed by atoms with Gasteiger partial charge in [0.05, 0.1) is 0 Å². The molecule has 1 aromatic carbocycles. The fourth-order valence-corrected chi connectivity index (χ4v) is 3.06. The van der Waals surface area contributed by atoms with Crippen LogP contribution in [-0.2, 0) is 14.3 Å². The lowest BCUT2D eigenvalue weighted by molar-refractivity contribution is -0.146. The van der Waals surface area contributed by atoms with Crippen LogP contribution in [0.15, 0.2) is 24.3 Å². The Morgan fingerprint density at radius 3 is 1.87 bits per heavy atom. The zero-order valence-corrected chi connectivity index (χ0v) is 20.7. The fourth-order valence-electron chi connectivity index (χ4n) is 3.06. The molecule has 0 fully saturated rings. The Morgan fingerprint density at radius 2 is 1.45 bits per heavy atom. The summed E-state index contributed by atoms with van der Waals surface area (Å²) < 4.78 is 5.23. The van der Waals surface area contributed by atoms with Gasteiger partial charge in [-0.2, -0.15) is 0 Å². The van der Waals surface area contributed by atoms with Crippen LogP contribution in [0, 0.1) is 6.92 Å². The summed E-state index contributed by atoms with van der Waals surface area (Å²) in [6.45, 7) is 18.2. The smallest absolute Gasteiger partial charge is 0.408 e. The van der Waals surface area contributed by atoms with Gasteiger partial charge in [-0.15, -0.1) is 0 Å². The molecule has 1 atom stereocenters. The maximum Gasteiger partial charge on any atom is 0.408 e. The Hall–Kier alpha value is -2.57. The molecule has 0 aliphatic rings. The molecule has 0 radical (unpaired) electrons. The number of carbonyl (C=O) groups is 3. The van der Waals surface area contributed by atoms with Crippen molar-refractivity contribution in [1.82, 2.24) is 15.5 Å². The van der Waals surface area contributed by atoms with Crippen molar-refractivity contribution in [3.05, 3.63) is 35.4 Å². The van der Waals surface area contributed by atoms with Crippen molar-refractivity contribution >= 4 is 17.9 Å². The molecule has 174 valence electrons. The summed E-state index contributed by atoms with van der Waals surface area (Å²) in [5.41, 5.74) is -0.0703. The number of nitrogens with one attached hydrogen (secondary N) is 2. The van der Waals surface area contributed by atoms with Crippen LogP contribution in [0.1, 0.15) is 79.5 Å². The first-order chi connectivity index (χ1) is 13.9. The first-order valence-electron chi connectivity index (χ1n) is 10.6. The van der Waals surface area contributed by atoms with Gasteiger partial charge in [-0.1, -0.05) is 29.8 Å². The Labute approximate surface area is 186 Å². The first kappa shape index (κ1) is 26.5. The molecule has 7 heteroatoms. The lowest BCUT2D eigenvalue weighted by Crippen LogP contribution is -2.56. The van der Waals surface area contributed by atoms with E-state index >= 15 is 0 Å². The van der Waals surface area contributed by atoms with E-state index in [0.29, 0.717) is 5.56 Å². The van der Waals surface area contributed by atoms with Gasteiger partial charge in [0.2, 0.25) is 11.8 Å². The normalized spacial score (nSPS) is 13.2. The van der Waals surface area contributed by atoms with E-state index in [4.69, 9.17) is 4.74 Å². The fraction of sp³-hybridized carbons (Fsp3) is 0.625. The number of carbonyl (C=O) groups excluding carboxylic acids is 3. The van der Waals surface area contributed by atoms with Crippen molar-refractivity contribution in [3.8, 4) is 0 Å². The van der Waals surface area contributed by atoms with Crippen LogP contribution in [0.3, 0.4) is 0 Å². The molecule has 31 heavy (non-hydrogen) atoms. The van der Waals surface area contributed by atoms with Crippen LogP contribution >= 0.6 is 0 Å². The quantitative estimate of drug-likeness (QED) is 0.732. The molecule has 2 N–H and O–H groups in total. The molecule has 0 aliphatic carbocycles. The van der Waals surface area contributed by atoms with E-state index in [1.165, 1.54) is 4.90 Å². The van der Waals surface area contributed by atoms with Gasteiger partial charge >= 0.3 is 6.09 Å². The molecule has 1 aromatic rings. The predicted molar refractivity (Wildman–Crippen MR) is 123 cm³/mol. The third-order valence-electron chi connectivity index (χ3n) is 4.17. The average Bonchev–Trinajstić information content (AvgIpc) is 2.54. The maximum atomic E-state index is 13.3. The average molecular weight is 434 g/mol. The third-order valence-corrected chi connectivity index (χ3v) is 4.17. The summed E-state index contributed by atoms with van der Waals surface area (Å²) in [5.74, 6) is -0.662. The number of benzene rings is 1. The van der Waals surface area contributed by atoms with Crippen LogP contribution in [-0.4, -0.2) is 46.0 Å². The summed E-state index contributed by atoms with van der Waals surface area (Å²) in [6, 6.07) is 6.69. The third kappa shape index (κ3) is 8.99. The number of ether oxygens (including phenoxy) is 1. The number of hydrogen-bond acceptors (Lipinski definition) is 4. The van der Waals surface area contributed by atoms with Crippen molar-refractivity contribution in [2.45, 2.75) is 92.0 Å². The Kier molecular flexibility index (Phi) is 8.29. The summed E-state index contributed by atoms with van der Waals surface area (Å²) in [6.07, 6.45) is -0.680. The minimum absolute atomic E-state index is 0.280. The monoisotopic (exact) mass is 433 g/mol. The van der Waals surface area contributed by atoms with Gasteiger partial charge < -0.3 is 20.3 Å². The molecule has 0 aliphatic heterocycles.